The number of ether oxygens (including phenoxy) is 1. The molecule has 0 saturated carbocycles. The second kappa shape index (κ2) is 9.32. The normalized spacial score (nSPS) is 18.4. The average Bonchev–Trinajstić information content (AvgIpc) is 3.30. The molecule has 3 aromatic rings. The van der Waals surface area contributed by atoms with Crippen molar-refractivity contribution in [3.63, 3.8) is 0 Å². The van der Waals surface area contributed by atoms with Gasteiger partial charge in [-0.2, -0.15) is 0 Å². The third-order valence-corrected chi connectivity index (χ3v) is 6.74. The highest BCUT2D eigenvalue weighted by Crippen LogP contribution is 2.35. The number of carbonyl (C=O) groups is 1. The molecule has 1 atom stereocenters. The first-order chi connectivity index (χ1) is 16.1. The van der Waals surface area contributed by atoms with Crippen molar-refractivity contribution in [2.24, 2.45) is 0 Å². The average molecular weight is 443 g/mol. The van der Waals surface area contributed by atoms with Gasteiger partial charge in [0.1, 0.15) is 17.4 Å². The van der Waals surface area contributed by atoms with Crippen LogP contribution in [0.2, 0.25) is 0 Å². The van der Waals surface area contributed by atoms with Crippen LogP contribution in [0.1, 0.15) is 53.5 Å². The number of fused-ring (bicyclic) bond motifs is 1. The molecule has 33 heavy (non-hydrogen) atoms. The van der Waals surface area contributed by atoms with E-state index in [0.717, 1.165) is 60.1 Å². The summed E-state index contributed by atoms with van der Waals surface area (Å²) in [6.07, 6.45) is 3.37. The molecule has 1 saturated heterocycles. The smallest absolute Gasteiger partial charge is 0.228 e. The molecule has 2 aliphatic rings. The number of hydrogen-bond acceptors (Lipinski definition) is 5. The van der Waals surface area contributed by atoms with Crippen LogP contribution in [0.5, 0.6) is 5.75 Å². The Morgan fingerprint density at radius 2 is 1.73 bits per heavy atom. The standard InChI is InChI=1S/C27H30N4O2/c1-19-23-14-15-25(32)31(18-20-7-4-3-5-8-20)27(23)29-26(28-19)24-9-6-16-30(24)17-21-10-12-22(33-2)13-11-21/h3-5,7-8,10-13,24H,6,9,14-18H2,1-2H3/t24-/m0/s1. The van der Waals surface area contributed by atoms with Gasteiger partial charge in [-0.3, -0.25) is 14.6 Å². The Balaban J connectivity index is 1.43. The van der Waals surface area contributed by atoms with Crippen LogP contribution in [0.15, 0.2) is 54.6 Å². The van der Waals surface area contributed by atoms with Gasteiger partial charge in [-0.25, -0.2) is 9.97 Å². The number of carbonyl (C=O) groups excluding carboxylic acids is 1. The minimum Gasteiger partial charge on any atom is -0.497 e. The minimum absolute atomic E-state index is 0.136. The first kappa shape index (κ1) is 21.6. The second-order valence-electron chi connectivity index (χ2n) is 8.91. The van der Waals surface area contributed by atoms with Crippen molar-refractivity contribution < 1.29 is 9.53 Å². The summed E-state index contributed by atoms with van der Waals surface area (Å²) in [6, 6.07) is 18.5. The molecule has 1 fully saturated rings. The van der Waals surface area contributed by atoms with Crippen LogP contribution in [-0.4, -0.2) is 34.4 Å². The Labute approximate surface area is 195 Å². The molecule has 170 valence electrons. The van der Waals surface area contributed by atoms with Gasteiger partial charge in [-0.15, -0.1) is 0 Å². The summed E-state index contributed by atoms with van der Waals surface area (Å²) in [6.45, 7) is 4.47. The molecule has 0 spiro atoms. The molecule has 1 amide bonds. The summed E-state index contributed by atoms with van der Waals surface area (Å²) in [5, 5.41) is 0. The lowest BCUT2D eigenvalue weighted by atomic mass is 10.0. The quantitative estimate of drug-likeness (QED) is 0.558. The van der Waals surface area contributed by atoms with Gasteiger partial charge in [0.05, 0.1) is 19.7 Å². The van der Waals surface area contributed by atoms with Gasteiger partial charge in [0.25, 0.3) is 0 Å². The van der Waals surface area contributed by atoms with E-state index in [0.29, 0.717) is 19.4 Å². The lowest BCUT2D eigenvalue weighted by Gasteiger charge is -2.31. The largest absolute Gasteiger partial charge is 0.497 e. The summed E-state index contributed by atoms with van der Waals surface area (Å²) in [5.74, 6) is 2.64. The van der Waals surface area contributed by atoms with Gasteiger partial charge >= 0.3 is 0 Å². The molecule has 2 aromatic carbocycles. The van der Waals surface area contributed by atoms with Crippen molar-refractivity contribution in [2.75, 3.05) is 18.6 Å². The predicted octanol–water partition coefficient (Wildman–Crippen LogP) is 4.61. The number of aryl methyl sites for hydroxylation is 1. The number of hydrogen-bond donors (Lipinski definition) is 0. The third-order valence-electron chi connectivity index (χ3n) is 6.74. The fourth-order valence-corrected chi connectivity index (χ4v) is 4.95. The van der Waals surface area contributed by atoms with Crippen LogP contribution in [0.3, 0.4) is 0 Å². The molecule has 0 N–H and O–H groups in total. The Kier molecular flexibility index (Phi) is 6.09. The molecule has 5 rings (SSSR count). The number of aromatic nitrogens is 2. The lowest BCUT2D eigenvalue weighted by molar-refractivity contribution is -0.119. The summed E-state index contributed by atoms with van der Waals surface area (Å²) in [7, 11) is 1.69. The van der Waals surface area contributed by atoms with Crippen LogP contribution in [0.4, 0.5) is 5.82 Å². The molecular weight excluding hydrogens is 412 g/mol. The van der Waals surface area contributed by atoms with E-state index in [1.54, 1.807) is 7.11 Å². The highest BCUT2D eigenvalue weighted by atomic mass is 16.5. The molecule has 2 aliphatic heterocycles. The zero-order valence-corrected chi connectivity index (χ0v) is 19.3. The number of anilines is 1. The van der Waals surface area contributed by atoms with E-state index < -0.39 is 0 Å². The van der Waals surface area contributed by atoms with E-state index in [-0.39, 0.29) is 11.9 Å². The molecule has 6 heteroatoms. The van der Waals surface area contributed by atoms with E-state index >= 15 is 0 Å². The molecule has 6 nitrogen and oxygen atoms in total. The molecule has 0 unspecified atom stereocenters. The number of methoxy groups -OCH3 is 1. The second-order valence-corrected chi connectivity index (χ2v) is 8.91. The van der Waals surface area contributed by atoms with E-state index in [1.807, 2.05) is 35.2 Å². The first-order valence-corrected chi connectivity index (χ1v) is 11.7. The van der Waals surface area contributed by atoms with Crippen molar-refractivity contribution >= 4 is 11.7 Å². The SMILES string of the molecule is COc1ccc(CN2CCC[C@H]2c2nc(C)c3c(n2)N(Cc2ccccc2)C(=O)CC3)cc1. The number of benzene rings is 2. The van der Waals surface area contributed by atoms with Crippen molar-refractivity contribution in [3.05, 3.63) is 82.8 Å². The maximum Gasteiger partial charge on any atom is 0.228 e. The maximum absolute atomic E-state index is 12.9. The lowest BCUT2D eigenvalue weighted by Crippen LogP contribution is -2.37. The molecule has 0 radical (unpaired) electrons. The van der Waals surface area contributed by atoms with E-state index in [1.165, 1.54) is 5.56 Å². The summed E-state index contributed by atoms with van der Waals surface area (Å²) in [4.78, 5) is 27.2. The summed E-state index contributed by atoms with van der Waals surface area (Å²) < 4.78 is 5.29. The Hall–Kier alpha value is -3.25. The van der Waals surface area contributed by atoms with Gasteiger partial charge < -0.3 is 4.74 Å². The molecule has 3 heterocycles. The Morgan fingerprint density at radius 1 is 0.970 bits per heavy atom. The molecule has 1 aromatic heterocycles. The van der Waals surface area contributed by atoms with Gasteiger partial charge in [-0.1, -0.05) is 42.5 Å². The van der Waals surface area contributed by atoms with Crippen molar-refractivity contribution in [1.29, 1.82) is 0 Å². The minimum atomic E-state index is 0.136. The highest BCUT2D eigenvalue weighted by Gasteiger charge is 2.33. The predicted molar refractivity (Wildman–Crippen MR) is 128 cm³/mol. The van der Waals surface area contributed by atoms with Crippen LogP contribution in [-0.2, 0) is 24.3 Å². The van der Waals surface area contributed by atoms with Crippen molar-refractivity contribution in [2.45, 2.75) is 51.7 Å². The zero-order chi connectivity index (χ0) is 22.8. The van der Waals surface area contributed by atoms with Gasteiger partial charge in [0, 0.05) is 24.2 Å². The van der Waals surface area contributed by atoms with Crippen LogP contribution < -0.4 is 9.64 Å². The van der Waals surface area contributed by atoms with E-state index in [2.05, 4.69) is 36.1 Å². The maximum atomic E-state index is 12.9. The fraction of sp³-hybridized carbons (Fsp3) is 0.370. The Morgan fingerprint density at radius 3 is 2.48 bits per heavy atom. The van der Waals surface area contributed by atoms with Gasteiger partial charge in [0.2, 0.25) is 5.91 Å². The Bertz CT molecular complexity index is 1130. The third kappa shape index (κ3) is 4.48. The molecule has 0 aliphatic carbocycles. The fourth-order valence-electron chi connectivity index (χ4n) is 4.95. The van der Waals surface area contributed by atoms with Crippen molar-refractivity contribution in [1.82, 2.24) is 14.9 Å². The monoisotopic (exact) mass is 442 g/mol. The highest BCUT2D eigenvalue weighted by molar-refractivity contribution is 5.95. The van der Waals surface area contributed by atoms with Gasteiger partial charge in [0.15, 0.2) is 0 Å². The number of likely N-dealkylation sites (tertiary alicyclic amines) is 1. The molecule has 0 bridgehead atoms. The molecular formula is C27H30N4O2. The van der Waals surface area contributed by atoms with E-state index in [4.69, 9.17) is 14.7 Å². The van der Waals surface area contributed by atoms with Crippen LogP contribution in [0.25, 0.3) is 0 Å². The first-order valence-electron chi connectivity index (χ1n) is 11.7. The number of rotatable bonds is 6. The number of amides is 1. The number of nitrogens with zero attached hydrogens (tertiary/aromatic N) is 4. The summed E-state index contributed by atoms with van der Waals surface area (Å²) in [5.41, 5.74) is 4.46. The van der Waals surface area contributed by atoms with Gasteiger partial charge in [-0.05, 0) is 56.0 Å². The summed E-state index contributed by atoms with van der Waals surface area (Å²) >= 11 is 0. The van der Waals surface area contributed by atoms with E-state index in [9.17, 15) is 4.79 Å². The topological polar surface area (TPSA) is 58.6 Å². The van der Waals surface area contributed by atoms with Crippen LogP contribution in [0, 0.1) is 6.92 Å². The van der Waals surface area contributed by atoms with Crippen LogP contribution >= 0.6 is 0 Å². The van der Waals surface area contributed by atoms with Crippen molar-refractivity contribution in [3.8, 4) is 5.75 Å². The zero-order valence-electron chi connectivity index (χ0n) is 19.3.